The van der Waals surface area contributed by atoms with Crippen LogP contribution in [0.15, 0.2) is 29.5 Å². The molecule has 0 bridgehead atoms. The normalized spacial score (nSPS) is 9.92. The molecule has 0 aliphatic rings. The first-order valence-corrected chi connectivity index (χ1v) is 4.38. The fraction of sp³-hybridized carbons (Fsp3) is 0.222. The predicted molar refractivity (Wildman–Crippen MR) is 50.5 cm³/mol. The minimum atomic E-state index is -0.212. The quantitative estimate of drug-likeness (QED) is 0.378. The van der Waals surface area contributed by atoms with Crippen molar-refractivity contribution in [2.24, 2.45) is 4.99 Å². The first-order valence-electron chi connectivity index (χ1n) is 3.58. The summed E-state index contributed by atoms with van der Waals surface area (Å²) in [5.41, 5.74) is 0.181. The van der Waals surface area contributed by atoms with Crippen LogP contribution in [0.2, 0.25) is 0 Å². The third-order valence-electron chi connectivity index (χ3n) is 1.07. The topological polar surface area (TPSA) is 32.7 Å². The van der Waals surface area contributed by atoms with Crippen molar-refractivity contribution in [1.82, 2.24) is 4.90 Å². The number of rotatable bonds is 5. The monoisotopic (exact) mass is 214 g/mol. The summed E-state index contributed by atoms with van der Waals surface area (Å²) in [5, 5.41) is 0. The third-order valence-corrected chi connectivity index (χ3v) is 1.25. The van der Waals surface area contributed by atoms with Crippen LogP contribution < -0.4 is 0 Å². The van der Waals surface area contributed by atoms with E-state index in [1.807, 2.05) is 14.1 Å². The fourth-order valence-corrected chi connectivity index (χ4v) is 0.565. The van der Waals surface area contributed by atoms with Gasteiger partial charge < -0.3 is 0 Å². The van der Waals surface area contributed by atoms with Crippen molar-refractivity contribution in [3.63, 3.8) is 0 Å². The van der Waals surface area contributed by atoms with E-state index < -0.39 is 0 Å². The molecule has 0 fully saturated rings. The van der Waals surface area contributed by atoms with E-state index in [0.29, 0.717) is 0 Å². The number of aliphatic imine (C=N–C) groups is 1. The molecule has 13 heavy (non-hydrogen) atoms. The van der Waals surface area contributed by atoms with Crippen LogP contribution in [0.5, 0.6) is 0 Å². The molecule has 0 aromatic carbocycles. The molecule has 0 aromatic heterocycles. The molecular weight excluding hydrogens is 203 g/mol. The van der Waals surface area contributed by atoms with E-state index >= 15 is 0 Å². The Morgan fingerprint density at radius 2 is 2.23 bits per heavy atom. The van der Waals surface area contributed by atoms with Gasteiger partial charge in [0.05, 0.1) is 0 Å². The summed E-state index contributed by atoms with van der Waals surface area (Å²) in [6.45, 7) is 3.49. The second-order valence-electron chi connectivity index (χ2n) is 2.46. The molecule has 0 heterocycles. The van der Waals surface area contributed by atoms with Crippen molar-refractivity contribution in [2.75, 3.05) is 14.1 Å². The molecule has 0 aliphatic carbocycles. The molecule has 3 nitrogen and oxygen atoms in total. The number of ketones is 1. The number of hydrogen-bond donors (Lipinski definition) is 0. The molecule has 0 unspecified atom stereocenters. The second-order valence-corrected chi connectivity index (χ2v) is 2.86. The van der Waals surface area contributed by atoms with Gasteiger partial charge in [-0.3, -0.25) is 0 Å². The summed E-state index contributed by atoms with van der Waals surface area (Å²) in [7, 11) is 3.67. The Morgan fingerprint density at radius 3 is 2.69 bits per heavy atom. The summed E-state index contributed by atoms with van der Waals surface area (Å²) < 4.78 is 1.56. The van der Waals surface area contributed by atoms with Gasteiger partial charge in [0, 0.05) is 0 Å². The number of carbonyl (C=O) groups is 1. The van der Waals surface area contributed by atoms with Gasteiger partial charge in [-0.05, 0) is 0 Å². The number of hydrogen-bond acceptors (Lipinski definition) is 3. The molecule has 0 amide bonds. The molecule has 0 aromatic rings. The van der Waals surface area contributed by atoms with Gasteiger partial charge in [0.1, 0.15) is 0 Å². The van der Waals surface area contributed by atoms with Crippen molar-refractivity contribution < 1.29 is 21.8 Å². The Bertz CT molecular complexity index is 267. The maximum absolute atomic E-state index is 11.2. The zero-order valence-electron chi connectivity index (χ0n) is 7.69. The van der Waals surface area contributed by atoms with Crippen molar-refractivity contribution in [3.8, 4) is 0 Å². The Balaban J connectivity index is 4.20. The van der Waals surface area contributed by atoms with Gasteiger partial charge in [-0.25, -0.2) is 0 Å². The number of allylic oxidation sites excluding steroid dienone is 1. The Morgan fingerprint density at radius 1 is 1.62 bits per heavy atom. The van der Waals surface area contributed by atoms with Crippen LogP contribution in [-0.4, -0.2) is 35.7 Å². The summed E-state index contributed by atoms with van der Waals surface area (Å²) in [6, 6.07) is 0. The second kappa shape index (κ2) is 6.49. The average Bonchev–Trinajstić information content (AvgIpc) is 2.10. The van der Waals surface area contributed by atoms with E-state index in [0.717, 1.165) is 0 Å². The van der Waals surface area contributed by atoms with E-state index in [4.69, 9.17) is 0 Å². The van der Waals surface area contributed by atoms with Crippen LogP contribution in [-0.2, 0) is 21.8 Å². The van der Waals surface area contributed by atoms with Gasteiger partial charge in [-0.15, -0.1) is 0 Å². The van der Waals surface area contributed by atoms with E-state index in [2.05, 4.69) is 34.8 Å². The van der Waals surface area contributed by atoms with Gasteiger partial charge in [0.15, 0.2) is 0 Å². The molecule has 0 atom stereocenters. The van der Waals surface area contributed by atoms with Gasteiger partial charge in [0.25, 0.3) is 0 Å². The van der Waals surface area contributed by atoms with Crippen LogP contribution in [0.3, 0.4) is 0 Å². The molecule has 0 rings (SSSR count). The maximum atomic E-state index is 11.2. The summed E-state index contributed by atoms with van der Waals surface area (Å²) in [6.07, 6.45) is 5.58. The van der Waals surface area contributed by atoms with Crippen molar-refractivity contribution in [3.05, 3.63) is 24.6 Å². The average molecular weight is 214 g/mol. The molecule has 0 aliphatic heterocycles. The SMILES string of the molecule is C=C(N=[C+][CH]=[V])C(=O)/C=C/N(C)C. The third kappa shape index (κ3) is 6.17. The number of carbonyl (C=O) groups excluding carboxylic acids is 1. The van der Waals surface area contributed by atoms with Crippen molar-refractivity contribution in [2.45, 2.75) is 0 Å². The molecule has 0 N–H and O–H groups in total. The summed E-state index contributed by atoms with van der Waals surface area (Å²) in [4.78, 5) is 16.6. The Kier molecular flexibility index (Phi) is 5.99. The first kappa shape index (κ1) is 12.0. The molecule has 4 heteroatoms. The zero-order valence-corrected chi connectivity index (χ0v) is 9.09. The van der Waals surface area contributed by atoms with Crippen LogP contribution in [0, 0.1) is 0 Å². The fourth-order valence-electron chi connectivity index (χ4n) is 0.475. The Labute approximate surface area is 87.3 Å². The number of nitrogens with zero attached hydrogens (tertiary/aromatic N) is 2. The summed E-state index contributed by atoms with van der Waals surface area (Å²) >= 11 is 2.18. The Hall–Kier alpha value is -1.02. The first-order chi connectivity index (χ1) is 6.07. The van der Waals surface area contributed by atoms with E-state index in [9.17, 15) is 4.79 Å². The van der Waals surface area contributed by atoms with E-state index in [1.54, 1.807) is 15.8 Å². The standard InChI is InChI=1S/C9H11N2O.V/c1-5-10-8(2)9(12)6-7-11(3)4;/h1,6-7H,2H2,3-4H3;/q+1;/b7-6+;. The van der Waals surface area contributed by atoms with Gasteiger partial charge in [-0.2, -0.15) is 0 Å². The van der Waals surface area contributed by atoms with Gasteiger partial charge >= 0.3 is 87.0 Å². The van der Waals surface area contributed by atoms with Crippen molar-refractivity contribution in [1.29, 1.82) is 0 Å². The molecule has 0 spiro atoms. The summed E-state index contributed by atoms with van der Waals surface area (Å²) in [5.74, 6) is -0.212. The van der Waals surface area contributed by atoms with Crippen LogP contribution in [0.25, 0.3) is 0 Å². The van der Waals surface area contributed by atoms with Crippen molar-refractivity contribution >= 4 is 16.7 Å². The molecular formula is C9H11N2OV+. The predicted octanol–water partition coefficient (Wildman–Crippen LogP) is 0.441. The zero-order chi connectivity index (χ0) is 10.3. The van der Waals surface area contributed by atoms with E-state index in [-0.39, 0.29) is 11.5 Å². The molecule has 67 valence electrons. The molecule has 0 radical (unpaired) electrons. The van der Waals surface area contributed by atoms with Crippen LogP contribution in [0.4, 0.5) is 0 Å². The van der Waals surface area contributed by atoms with Gasteiger partial charge in [-0.1, -0.05) is 0 Å². The van der Waals surface area contributed by atoms with Crippen LogP contribution in [0.1, 0.15) is 0 Å². The van der Waals surface area contributed by atoms with Crippen LogP contribution >= 0.6 is 0 Å². The van der Waals surface area contributed by atoms with Gasteiger partial charge in [0.2, 0.25) is 0 Å². The molecule has 0 saturated carbocycles. The minimum absolute atomic E-state index is 0.181. The van der Waals surface area contributed by atoms with E-state index in [1.165, 1.54) is 6.08 Å². The molecule has 0 saturated heterocycles.